The molecule has 4 heterocycles. The molecule has 0 saturated heterocycles. The topological polar surface area (TPSA) is 84.3 Å². The molecule has 2 N–H and O–H groups in total. The second kappa shape index (κ2) is 8.38. The third kappa shape index (κ3) is 3.67. The number of fused-ring (bicyclic) bond motifs is 2. The lowest BCUT2D eigenvalue weighted by molar-refractivity contribution is 0.540. The van der Waals surface area contributed by atoms with Gasteiger partial charge in [-0.25, -0.2) is 9.67 Å². The smallest absolute Gasteiger partial charge is 0.220 e. The zero-order chi connectivity index (χ0) is 21.7. The Kier molecular flexibility index (Phi) is 5.39. The molecular weight excluding hydrogens is 441 g/mol. The van der Waals surface area contributed by atoms with Crippen molar-refractivity contribution < 1.29 is 4.39 Å². The van der Waals surface area contributed by atoms with Gasteiger partial charge in [0.15, 0.2) is 0 Å². The first-order valence-corrected chi connectivity index (χ1v) is 10.6. The van der Waals surface area contributed by atoms with E-state index in [-0.39, 0.29) is 12.4 Å². The monoisotopic (exact) mass is 461 g/mol. The minimum Gasteiger partial charge on any atom is -0.310 e. The molecule has 0 saturated carbocycles. The van der Waals surface area contributed by atoms with Gasteiger partial charge in [0.2, 0.25) is 5.95 Å². The van der Waals surface area contributed by atoms with Crippen LogP contribution < -0.4 is 5.32 Å². The summed E-state index contributed by atoms with van der Waals surface area (Å²) in [6, 6.07) is 15.8. The van der Waals surface area contributed by atoms with E-state index in [9.17, 15) is 4.39 Å². The highest BCUT2D eigenvalue weighted by Gasteiger charge is 2.18. The lowest BCUT2D eigenvalue weighted by atomic mass is 9.95. The van der Waals surface area contributed by atoms with Crippen molar-refractivity contribution in [2.24, 2.45) is 0 Å². The Morgan fingerprint density at radius 1 is 1.12 bits per heavy atom. The van der Waals surface area contributed by atoms with Crippen LogP contribution in [0.15, 0.2) is 60.9 Å². The van der Waals surface area contributed by atoms with E-state index in [1.54, 1.807) is 16.8 Å². The molecule has 1 atom stereocenters. The summed E-state index contributed by atoms with van der Waals surface area (Å²) in [4.78, 5) is 3.76. The van der Waals surface area contributed by atoms with Crippen LogP contribution in [0.5, 0.6) is 0 Å². The number of hydrogen-bond acceptors (Lipinski definition) is 5. The Balaban J connectivity index is 0.00000228. The Labute approximate surface area is 195 Å². The predicted molar refractivity (Wildman–Crippen MR) is 127 cm³/mol. The summed E-state index contributed by atoms with van der Waals surface area (Å²) in [6.07, 6.45) is 4.34. The van der Waals surface area contributed by atoms with Crippen molar-refractivity contribution in [3.05, 3.63) is 78.0 Å². The third-order valence-corrected chi connectivity index (χ3v) is 6.07. The summed E-state index contributed by atoms with van der Waals surface area (Å²) in [7, 11) is 0. The molecule has 0 bridgehead atoms. The van der Waals surface area contributed by atoms with Crippen LogP contribution in [0.1, 0.15) is 24.1 Å². The number of nitrogens with one attached hydrogen (secondary N) is 2. The minimum absolute atomic E-state index is 0. The van der Waals surface area contributed by atoms with Gasteiger partial charge in [-0.2, -0.15) is 9.49 Å². The highest BCUT2D eigenvalue weighted by atomic mass is 35.5. The summed E-state index contributed by atoms with van der Waals surface area (Å²) in [6.45, 7) is 3.17. The molecule has 1 aliphatic heterocycles. The van der Waals surface area contributed by atoms with Crippen LogP contribution in [0.4, 0.5) is 4.39 Å². The van der Waals surface area contributed by atoms with Crippen molar-refractivity contribution in [2.75, 3.05) is 6.54 Å². The maximum Gasteiger partial charge on any atom is 0.220 e. The van der Waals surface area contributed by atoms with E-state index in [0.717, 1.165) is 35.1 Å². The third-order valence-electron chi connectivity index (χ3n) is 6.07. The van der Waals surface area contributed by atoms with Crippen LogP contribution in [0.2, 0.25) is 0 Å². The molecule has 0 aliphatic carbocycles. The molecule has 7 nitrogen and oxygen atoms in total. The Hall–Kier alpha value is -3.62. The van der Waals surface area contributed by atoms with Crippen molar-refractivity contribution in [2.45, 2.75) is 19.4 Å². The first kappa shape index (κ1) is 21.2. The van der Waals surface area contributed by atoms with Crippen LogP contribution in [-0.4, -0.2) is 36.7 Å². The lowest BCUT2D eigenvalue weighted by Crippen LogP contribution is -2.27. The van der Waals surface area contributed by atoms with Gasteiger partial charge in [0.05, 0.1) is 17.4 Å². The Morgan fingerprint density at radius 2 is 2.03 bits per heavy atom. The van der Waals surface area contributed by atoms with Crippen LogP contribution in [-0.2, 0) is 6.42 Å². The number of hydrogen-bond donors (Lipinski definition) is 2. The second-order valence-corrected chi connectivity index (χ2v) is 8.03. The largest absolute Gasteiger partial charge is 0.310 e. The molecule has 0 fully saturated rings. The molecule has 0 spiro atoms. The molecule has 166 valence electrons. The van der Waals surface area contributed by atoms with Crippen LogP contribution in [0, 0.1) is 5.95 Å². The molecular formula is C24H21ClFN7. The number of H-pyrrole nitrogens is 1. The van der Waals surface area contributed by atoms with Gasteiger partial charge in [-0.15, -0.1) is 17.5 Å². The summed E-state index contributed by atoms with van der Waals surface area (Å²) < 4.78 is 16.0. The van der Waals surface area contributed by atoms with Crippen LogP contribution in [0.3, 0.4) is 0 Å². The number of aromatic nitrogens is 6. The van der Waals surface area contributed by atoms with Crippen molar-refractivity contribution >= 4 is 23.3 Å². The average Bonchev–Trinajstić information content (AvgIpc) is 3.46. The maximum absolute atomic E-state index is 14.2. The van der Waals surface area contributed by atoms with Gasteiger partial charge >= 0.3 is 0 Å². The van der Waals surface area contributed by atoms with Gasteiger partial charge in [0, 0.05) is 23.2 Å². The van der Waals surface area contributed by atoms with E-state index in [0.29, 0.717) is 23.0 Å². The quantitative estimate of drug-likeness (QED) is 0.382. The van der Waals surface area contributed by atoms with Gasteiger partial charge in [0.25, 0.3) is 0 Å². The zero-order valence-electron chi connectivity index (χ0n) is 17.8. The molecule has 0 amide bonds. The molecule has 2 aromatic carbocycles. The molecule has 0 radical (unpaired) electrons. The van der Waals surface area contributed by atoms with E-state index in [1.807, 2.05) is 24.4 Å². The summed E-state index contributed by atoms with van der Waals surface area (Å²) in [5.41, 5.74) is 6.95. The van der Waals surface area contributed by atoms with Crippen LogP contribution >= 0.6 is 12.4 Å². The summed E-state index contributed by atoms with van der Waals surface area (Å²) >= 11 is 0. The summed E-state index contributed by atoms with van der Waals surface area (Å²) in [5.74, 6) is -0.501. The second-order valence-electron chi connectivity index (χ2n) is 8.03. The average molecular weight is 462 g/mol. The highest BCUT2D eigenvalue weighted by molar-refractivity contribution is 5.94. The van der Waals surface area contributed by atoms with E-state index in [1.165, 1.54) is 17.3 Å². The SMILES string of the molecule is CC1NCCc2ccc(-n3cc(-c4n[nH]c5ccc(-c6cccnc6F)cc45)nn3)cc21.Cl. The molecule has 33 heavy (non-hydrogen) atoms. The van der Waals surface area contributed by atoms with Gasteiger partial charge in [-0.05, 0) is 73.0 Å². The minimum atomic E-state index is -0.501. The first-order valence-electron chi connectivity index (χ1n) is 10.6. The Morgan fingerprint density at radius 3 is 2.91 bits per heavy atom. The fourth-order valence-corrected chi connectivity index (χ4v) is 4.37. The fraction of sp³-hybridized carbons (Fsp3) is 0.167. The van der Waals surface area contributed by atoms with E-state index >= 15 is 0 Å². The molecule has 5 aromatic rings. The first-order chi connectivity index (χ1) is 15.7. The number of nitrogens with zero attached hydrogens (tertiary/aromatic N) is 5. The number of rotatable bonds is 3. The number of pyridine rings is 1. The normalized spacial score (nSPS) is 15.3. The van der Waals surface area contributed by atoms with Crippen molar-refractivity contribution in [1.29, 1.82) is 0 Å². The number of aromatic amines is 1. The van der Waals surface area contributed by atoms with Gasteiger partial charge in [-0.3, -0.25) is 5.10 Å². The maximum atomic E-state index is 14.2. The van der Waals surface area contributed by atoms with Crippen LogP contribution in [0.25, 0.3) is 39.1 Å². The Bertz CT molecular complexity index is 1460. The van der Waals surface area contributed by atoms with Gasteiger partial charge in [-0.1, -0.05) is 17.3 Å². The summed E-state index contributed by atoms with van der Waals surface area (Å²) in [5, 5.41) is 20.5. The molecule has 1 aliphatic rings. The van der Waals surface area contributed by atoms with E-state index in [4.69, 9.17) is 0 Å². The molecule has 1 unspecified atom stereocenters. The van der Waals surface area contributed by atoms with Crippen molar-refractivity contribution in [3.63, 3.8) is 0 Å². The van der Waals surface area contributed by atoms with Gasteiger partial charge in [0.1, 0.15) is 11.4 Å². The molecule has 3 aromatic heterocycles. The zero-order valence-corrected chi connectivity index (χ0v) is 18.6. The number of halogens is 2. The van der Waals surface area contributed by atoms with Crippen molar-refractivity contribution in [3.8, 4) is 28.2 Å². The standard InChI is InChI=1S/C24H20FN7.ClH/c1-14-19-12-17(6-4-15(19)8-10-26-14)32-13-22(29-31-32)23-20-11-16(5-7-21(20)28-30-23)18-3-2-9-27-24(18)25;/h2-7,9,11-14,26H,8,10H2,1H3,(H,28,30);1H. The highest BCUT2D eigenvalue weighted by Crippen LogP contribution is 2.31. The predicted octanol–water partition coefficient (Wildman–Crippen LogP) is 4.64. The number of benzene rings is 2. The van der Waals surface area contributed by atoms with E-state index in [2.05, 4.69) is 55.9 Å². The van der Waals surface area contributed by atoms with Gasteiger partial charge < -0.3 is 5.32 Å². The lowest BCUT2D eigenvalue weighted by Gasteiger charge is -2.24. The molecule has 9 heteroatoms. The van der Waals surface area contributed by atoms with Crippen molar-refractivity contribution in [1.82, 2.24) is 35.5 Å². The van der Waals surface area contributed by atoms with E-state index < -0.39 is 5.95 Å². The fourth-order valence-electron chi connectivity index (χ4n) is 4.37. The molecule has 6 rings (SSSR count).